The van der Waals surface area contributed by atoms with E-state index >= 15 is 0 Å². The molecule has 82 valence electrons. The average molecular weight is 204 g/mol. The normalized spacial score (nSPS) is 18.8. The number of nitrogens with two attached hydrogens (primary N) is 1. The molecular formula is C13H20N2. The molecule has 0 atom stereocenters. The highest BCUT2D eigenvalue weighted by Gasteiger charge is 2.34. The van der Waals surface area contributed by atoms with Gasteiger partial charge in [0, 0.05) is 25.3 Å². The van der Waals surface area contributed by atoms with Gasteiger partial charge in [-0.05, 0) is 29.5 Å². The summed E-state index contributed by atoms with van der Waals surface area (Å²) in [5, 5.41) is 0. The molecule has 0 radical (unpaired) electrons. The fraction of sp³-hybridized carbons (Fsp3) is 0.538. The summed E-state index contributed by atoms with van der Waals surface area (Å²) in [5.74, 6) is 0. The average Bonchev–Trinajstić information content (AvgIpc) is 2.13. The first-order valence-electron chi connectivity index (χ1n) is 5.57. The first-order valence-corrected chi connectivity index (χ1v) is 5.57. The second-order valence-electron chi connectivity index (χ2n) is 5.30. The third-order valence-electron chi connectivity index (χ3n) is 3.17. The molecule has 1 aliphatic rings. The standard InChI is InChI=1S/C13H20N2/c1-10-5-4-6-12(11(10)7-14)15-8-13(2,3)9-15/h4-6H,7-9,14H2,1-3H3. The van der Waals surface area contributed by atoms with E-state index in [1.165, 1.54) is 16.8 Å². The molecule has 1 aromatic carbocycles. The molecule has 2 rings (SSSR count). The van der Waals surface area contributed by atoms with Crippen LogP contribution in [0.2, 0.25) is 0 Å². The quantitative estimate of drug-likeness (QED) is 0.801. The minimum atomic E-state index is 0.468. The van der Waals surface area contributed by atoms with Gasteiger partial charge in [0.05, 0.1) is 0 Å². The van der Waals surface area contributed by atoms with Gasteiger partial charge in [-0.1, -0.05) is 26.0 Å². The monoisotopic (exact) mass is 204 g/mol. The van der Waals surface area contributed by atoms with E-state index in [2.05, 4.69) is 43.9 Å². The molecule has 0 unspecified atom stereocenters. The lowest BCUT2D eigenvalue weighted by atomic mass is 9.83. The lowest BCUT2D eigenvalue weighted by molar-refractivity contribution is 0.276. The van der Waals surface area contributed by atoms with E-state index in [-0.39, 0.29) is 0 Å². The number of rotatable bonds is 2. The molecule has 0 bridgehead atoms. The Bertz CT molecular complexity index is 361. The summed E-state index contributed by atoms with van der Waals surface area (Å²) < 4.78 is 0. The summed E-state index contributed by atoms with van der Waals surface area (Å²) in [6.45, 7) is 9.67. The Morgan fingerprint density at radius 2 is 2.00 bits per heavy atom. The molecule has 0 saturated carbocycles. The fourth-order valence-electron chi connectivity index (χ4n) is 2.41. The largest absolute Gasteiger partial charge is 0.370 e. The zero-order chi connectivity index (χ0) is 11.1. The van der Waals surface area contributed by atoms with Crippen molar-refractivity contribution in [1.29, 1.82) is 0 Å². The minimum absolute atomic E-state index is 0.468. The number of benzene rings is 1. The van der Waals surface area contributed by atoms with Gasteiger partial charge in [-0.15, -0.1) is 0 Å². The summed E-state index contributed by atoms with van der Waals surface area (Å²) in [6, 6.07) is 6.44. The van der Waals surface area contributed by atoms with E-state index in [1.54, 1.807) is 0 Å². The van der Waals surface area contributed by atoms with Gasteiger partial charge in [-0.3, -0.25) is 0 Å². The second-order valence-corrected chi connectivity index (χ2v) is 5.30. The number of anilines is 1. The van der Waals surface area contributed by atoms with Crippen molar-refractivity contribution in [2.45, 2.75) is 27.3 Å². The number of nitrogens with zero attached hydrogens (tertiary/aromatic N) is 1. The van der Waals surface area contributed by atoms with Crippen LogP contribution in [-0.2, 0) is 6.54 Å². The van der Waals surface area contributed by atoms with E-state index in [4.69, 9.17) is 5.73 Å². The number of hydrogen-bond donors (Lipinski definition) is 1. The Hall–Kier alpha value is -1.02. The van der Waals surface area contributed by atoms with Gasteiger partial charge in [0.25, 0.3) is 0 Å². The van der Waals surface area contributed by atoms with Gasteiger partial charge < -0.3 is 10.6 Å². The molecule has 15 heavy (non-hydrogen) atoms. The lowest BCUT2D eigenvalue weighted by Gasteiger charge is -2.48. The van der Waals surface area contributed by atoms with Crippen LogP contribution in [-0.4, -0.2) is 13.1 Å². The van der Waals surface area contributed by atoms with Crippen molar-refractivity contribution in [2.24, 2.45) is 11.1 Å². The Morgan fingerprint density at radius 1 is 1.33 bits per heavy atom. The van der Waals surface area contributed by atoms with Crippen molar-refractivity contribution in [1.82, 2.24) is 0 Å². The molecule has 1 fully saturated rings. The predicted molar refractivity (Wildman–Crippen MR) is 65.1 cm³/mol. The van der Waals surface area contributed by atoms with Crippen LogP contribution in [0.5, 0.6) is 0 Å². The summed E-state index contributed by atoms with van der Waals surface area (Å²) in [6.07, 6.45) is 0. The van der Waals surface area contributed by atoms with E-state index in [0.29, 0.717) is 12.0 Å². The van der Waals surface area contributed by atoms with Crippen molar-refractivity contribution in [3.63, 3.8) is 0 Å². The van der Waals surface area contributed by atoms with Crippen LogP contribution in [0.3, 0.4) is 0 Å². The topological polar surface area (TPSA) is 29.3 Å². The van der Waals surface area contributed by atoms with E-state index in [0.717, 1.165) is 13.1 Å². The second kappa shape index (κ2) is 3.53. The maximum atomic E-state index is 5.81. The predicted octanol–water partition coefficient (Wildman–Crippen LogP) is 2.30. The van der Waals surface area contributed by atoms with E-state index in [1.807, 2.05) is 0 Å². The third kappa shape index (κ3) is 1.86. The SMILES string of the molecule is Cc1cccc(N2CC(C)(C)C2)c1CN. The molecule has 0 spiro atoms. The molecule has 0 aromatic heterocycles. The van der Waals surface area contributed by atoms with Gasteiger partial charge >= 0.3 is 0 Å². The molecule has 1 aromatic rings. The first kappa shape index (κ1) is 10.5. The van der Waals surface area contributed by atoms with Crippen molar-refractivity contribution >= 4 is 5.69 Å². The number of hydrogen-bond acceptors (Lipinski definition) is 2. The van der Waals surface area contributed by atoms with Crippen molar-refractivity contribution < 1.29 is 0 Å². The van der Waals surface area contributed by atoms with Crippen LogP contribution in [0.15, 0.2) is 18.2 Å². The maximum absolute atomic E-state index is 5.81. The molecule has 2 N–H and O–H groups in total. The Morgan fingerprint density at radius 3 is 2.53 bits per heavy atom. The Labute approximate surface area is 92.1 Å². The van der Waals surface area contributed by atoms with E-state index in [9.17, 15) is 0 Å². The first-order chi connectivity index (χ1) is 7.03. The molecule has 2 heteroatoms. The minimum Gasteiger partial charge on any atom is -0.370 e. The zero-order valence-corrected chi connectivity index (χ0v) is 9.88. The highest BCUT2D eigenvalue weighted by atomic mass is 15.2. The molecule has 1 saturated heterocycles. The summed E-state index contributed by atoms with van der Waals surface area (Å²) in [7, 11) is 0. The Kier molecular flexibility index (Phi) is 2.47. The lowest BCUT2D eigenvalue weighted by Crippen LogP contribution is -2.53. The van der Waals surface area contributed by atoms with Crippen molar-refractivity contribution in [3.8, 4) is 0 Å². The molecule has 2 nitrogen and oxygen atoms in total. The van der Waals surface area contributed by atoms with Crippen LogP contribution in [0, 0.1) is 12.3 Å². The van der Waals surface area contributed by atoms with Crippen molar-refractivity contribution in [3.05, 3.63) is 29.3 Å². The number of aryl methyl sites for hydroxylation is 1. The van der Waals surface area contributed by atoms with Crippen LogP contribution in [0.4, 0.5) is 5.69 Å². The fourth-order valence-corrected chi connectivity index (χ4v) is 2.41. The van der Waals surface area contributed by atoms with Crippen LogP contribution in [0.1, 0.15) is 25.0 Å². The smallest absolute Gasteiger partial charge is 0.0414 e. The van der Waals surface area contributed by atoms with Gasteiger partial charge in [-0.2, -0.15) is 0 Å². The summed E-state index contributed by atoms with van der Waals surface area (Å²) in [4.78, 5) is 2.43. The molecule has 0 amide bonds. The maximum Gasteiger partial charge on any atom is 0.0414 e. The molecule has 0 aliphatic carbocycles. The van der Waals surface area contributed by atoms with Gasteiger partial charge in [0.15, 0.2) is 0 Å². The summed E-state index contributed by atoms with van der Waals surface area (Å²) >= 11 is 0. The highest BCUT2D eigenvalue weighted by Crippen LogP contribution is 2.35. The molecule has 1 heterocycles. The van der Waals surface area contributed by atoms with Gasteiger partial charge in [0.1, 0.15) is 0 Å². The third-order valence-corrected chi connectivity index (χ3v) is 3.17. The Balaban J connectivity index is 2.26. The zero-order valence-electron chi connectivity index (χ0n) is 9.88. The van der Waals surface area contributed by atoms with Crippen LogP contribution >= 0.6 is 0 Å². The summed E-state index contributed by atoms with van der Waals surface area (Å²) in [5.41, 5.74) is 10.2. The highest BCUT2D eigenvalue weighted by molar-refractivity contribution is 5.58. The molecule has 1 aliphatic heterocycles. The van der Waals surface area contributed by atoms with Crippen LogP contribution in [0.25, 0.3) is 0 Å². The van der Waals surface area contributed by atoms with Crippen LogP contribution < -0.4 is 10.6 Å². The van der Waals surface area contributed by atoms with Gasteiger partial charge in [0.2, 0.25) is 0 Å². The van der Waals surface area contributed by atoms with E-state index < -0.39 is 0 Å². The van der Waals surface area contributed by atoms with Crippen molar-refractivity contribution in [2.75, 3.05) is 18.0 Å². The van der Waals surface area contributed by atoms with Gasteiger partial charge in [-0.25, -0.2) is 0 Å². The molecular weight excluding hydrogens is 184 g/mol.